The molecule has 2 aromatic rings. The van der Waals surface area contributed by atoms with Crippen molar-refractivity contribution in [3.63, 3.8) is 0 Å². The molecule has 0 aliphatic carbocycles. The van der Waals surface area contributed by atoms with Crippen LogP contribution in [-0.2, 0) is 5.88 Å². The second-order valence-electron chi connectivity index (χ2n) is 4.23. The van der Waals surface area contributed by atoms with Crippen LogP contribution in [0.25, 0.3) is 0 Å². The Kier molecular flexibility index (Phi) is 6.03. The van der Waals surface area contributed by atoms with Crippen LogP contribution in [0.4, 0.5) is 0 Å². The Morgan fingerprint density at radius 3 is 2.35 bits per heavy atom. The first-order valence-electron chi connectivity index (χ1n) is 6.45. The summed E-state index contributed by atoms with van der Waals surface area (Å²) in [6.07, 6.45) is 0.780. The molecule has 2 nitrogen and oxygen atoms in total. The first-order chi connectivity index (χ1) is 9.81. The Morgan fingerprint density at radius 1 is 0.850 bits per heavy atom. The number of benzene rings is 2. The van der Waals surface area contributed by atoms with E-state index >= 15 is 0 Å². The molecule has 0 saturated heterocycles. The molecule has 4 heteroatoms. The highest BCUT2D eigenvalue weighted by molar-refractivity contribution is 6.32. The lowest BCUT2D eigenvalue weighted by atomic mass is 10.2. The zero-order valence-corrected chi connectivity index (χ0v) is 12.5. The Balaban J connectivity index is 1.76. The molecule has 0 aromatic heterocycles. The number of halogens is 2. The summed E-state index contributed by atoms with van der Waals surface area (Å²) in [5.74, 6) is 1.92. The molecule has 0 N–H and O–H groups in total. The number of ether oxygens (including phenoxy) is 2. The molecule has 0 radical (unpaired) electrons. The topological polar surface area (TPSA) is 18.5 Å². The van der Waals surface area contributed by atoms with Gasteiger partial charge >= 0.3 is 0 Å². The van der Waals surface area contributed by atoms with Crippen LogP contribution in [0.5, 0.6) is 11.5 Å². The van der Waals surface area contributed by atoms with E-state index in [4.69, 9.17) is 32.7 Å². The first kappa shape index (κ1) is 15.0. The van der Waals surface area contributed by atoms with E-state index in [0.717, 1.165) is 17.7 Å². The van der Waals surface area contributed by atoms with Gasteiger partial charge in [-0.25, -0.2) is 0 Å². The summed E-state index contributed by atoms with van der Waals surface area (Å²) in [4.78, 5) is 0. The summed E-state index contributed by atoms with van der Waals surface area (Å²) in [7, 11) is 0. The van der Waals surface area contributed by atoms with Gasteiger partial charge in [-0.05, 0) is 18.2 Å². The van der Waals surface area contributed by atoms with Crippen LogP contribution in [0.1, 0.15) is 12.0 Å². The number of para-hydroxylation sites is 2. The van der Waals surface area contributed by atoms with E-state index in [2.05, 4.69) is 0 Å². The molecule has 0 spiro atoms. The van der Waals surface area contributed by atoms with Gasteiger partial charge < -0.3 is 9.47 Å². The van der Waals surface area contributed by atoms with Crippen LogP contribution in [-0.4, -0.2) is 13.2 Å². The Bertz CT molecular complexity index is 529. The van der Waals surface area contributed by atoms with Crippen LogP contribution in [0.3, 0.4) is 0 Å². The average Bonchev–Trinajstić information content (AvgIpc) is 2.49. The molecule has 0 aliphatic heterocycles. The summed E-state index contributed by atoms with van der Waals surface area (Å²) in [6, 6.07) is 15.3. The predicted molar refractivity (Wildman–Crippen MR) is 83.1 cm³/mol. The lowest BCUT2D eigenvalue weighted by Crippen LogP contribution is -2.06. The summed E-state index contributed by atoms with van der Waals surface area (Å²) in [6.45, 7) is 1.14. The third-order valence-corrected chi connectivity index (χ3v) is 3.33. The van der Waals surface area contributed by atoms with Gasteiger partial charge in [0.25, 0.3) is 0 Å². The monoisotopic (exact) mass is 310 g/mol. The van der Waals surface area contributed by atoms with E-state index in [-0.39, 0.29) is 0 Å². The number of hydrogen-bond acceptors (Lipinski definition) is 2. The first-order valence-corrected chi connectivity index (χ1v) is 7.36. The maximum Gasteiger partial charge on any atom is 0.142 e. The molecule has 2 aromatic carbocycles. The second kappa shape index (κ2) is 8.03. The molecule has 0 saturated carbocycles. The summed E-state index contributed by atoms with van der Waals surface area (Å²) in [5.41, 5.74) is 0.906. The lowest BCUT2D eigenvalue weighted by molar-refractivity contribution is 0.246. The largest absolute Gasteiger partial charge is 0.493 e. The van der Waals surface area contributed by atoms with E-state index in [0.29, 0.717) is 29.9 Å². The third kappa shape index (κ3) is 4.32. The van der Waals surface area contributed by atoms with Crippen molar-refractivity contribution in [1.29, 1.82) is 0 Å². The second-order valence-corrected chi connectivity index (χ2v) is 4.90. The Labute approximate surface area is 129 Å². The van der Waals surface area contributed by atoms with E-state index < -0.39 is 0 Å². The number of rotatable bonds is 7. The standard InChI is InChI=1S/C16H16Cl2O2/c17-12-13-6-4-9-15(18)16(13)20-11-5-10-19-14-7-2-1-3-8-14/h1-4,6-9H,5,10-12H2. The number of alkyl halides is 1. The molecule has 0 unspecified atom stereocenters. The predicted octanol–water partition coefficient (Wildman–Crippen LogP) is 4.93. The fraction of sp³-hybridized carbons (Fsp3) is 0.250. The van der Waals surface area contributed by atoms with Crippen molar-refractivity contribution in [3.8, 4) is 11.5 Å². The summed E-state index contributed by atoms with van der Waals surface area (Å²) in [5, 5.41) is 0.590. The van der Waals surface area contributed by atoms with Crippen molar-refractivity contribution in [3.05, 3.63) is 59.1 Å². The van der Waals surface area contributed by atoms with E-state index in [1.807, 2.05) is 42.5 Å². The SMILES string of the molecule is ClCc1cccc(Cl)c1OCCCOc1ccccc1. The van der Waals surface area contributed by atoms with Gasteiger partial charge in [0.1, 0.15) is 11.5 Å². The highest BCUT2D eigenvalue weighted by Crippen LogP contribution is 2.29. The summed E-state index contributed by atoms with van der Waals surface area (Å²) >= 11 is 12.0. The highest BCUT2D eigenvalue weighted by atomic mass is 35.5. The van der Waals surface area contributed by atoms with Gasteiger partial charge in [-0.2, -0.15) is 0 Å². The highest BCUT2D eigenvalue weighted by Gasteiger charge is 2.07. The minimum atomic E-state index is 0.385. The maximum atomic E-state index is 6.10. The minimum Gasteiger partial charge on any atom is -0.493 e. The molecule has 0 heterocycles. The average molecular weight is 311 g/mol. The molecule has 20 heavy (non-hydrogen) atoms. The van der Waals surface area contributed by atoms with Gasteiger partial charge in [-0.1, -0.05) is 41.9 Å². The zero-order chi connectivity index (χ0) is 14.2. The number of hydrogen-bond donors (Lipinski definition) is 0. The molecule has 0 fully saturated rings. The van der Waals surface area contributed by atoms with Gasteiger partial charge in [-0.3, -0.25) is 0 Å². The van der Waals surface area contributed by atoms with Gasteiger partial charge in [0.15, 0.2) is 0 Å². The lowest BCUT2D eigenvalue weighted by Gasteiger charge is -2.12. The van der Waals surface area contributed by atoms with Crippen LogP contribution in [0, 0.1) is 0 Å². The zero-order valence-electron chi connectivity index (χ0n) is 11.0. The van der Waals surface area contributed by atoms with Crippen molar-refractivity contribution < 1.29 is 9.47 Å². The van der Waals surface area contributed by atoms with Gasteiger partial charge in [0, 0.05) is 12.0 Å². The van der Waals surface area contributed by atoms with E-state index in [1.54, 1.807) is 6.07 Å². The fourth-order valence-corrected chi connectivity index (χ4v) is 2.22. The fourth-order valence-electron chi connectivity index (χ4n) is 1.76. The molecule has 0 amide bonds. The van der Waals surface area contributed by atoms with Crippen LogP contribution in [0.2, 0.25) is 5.02 Å². The van der Waals surface area contributed by atoms with Crippen molar-refractivity contribution in [2.45, 2.75) is 12.3 Å². The Hall–Kier alpha value is -1.38. The Morgan fingerprint density at radius 2 is 1.60 bits per heavy atom. The van der Waals surface area contributed by atoms with Crippen molar-refractivity contribution >= 4 is 23.2 Å². The van der Waals surface area contributed by atoms with Crippen molar-refractivity contribution in [2.24, 2.45) is 0 Å². The van der Waals surface area contributed by atoms with Crippen molar-refractivity contribution in [1.82, 2.24) is 0 Å². The van der Waals surface area contributed by atoms with E-state index in [9.17, 15) is 0 Å². The minimum absolute atomic E-state index is 0.385. The van der Waals surface area contributed by atoms with E-state index in [1.165, 1.54) is 0 Å². The molecule has 2 rings (SSSR count). The van der Waals surface area contributed by atoms with Gasteiger partial charge in [-0.15, -0.1) is 11.6 Å². The summed E-state index contributed by atoms with van der Waals surface area (Å²) < 4.78 is 11.3. The third-order valence-electron chi connectivity index (χ3n) is 2.74. The van der Waals surface area contributed by atoms with Crippen LogP contribution >= 0.6 is 23.2 Å². The molecular weight excluding hydrogens is 295 g/mol. The molecule has 0 atom stereocenters. The molecule has 0 aliphatic rings. The molecule has 106 valence electrons. The molecular formula is C16H16Cl2O2. The molecule has 0 bridgehead atoms. The van der Waals surface area contributed by atoms with Crippen LogP contribution in [0.15, 0.2) is 48.5 Å². The maximum absolute atomic E-state index is 6.10. The van der Waals surface area contributed by atoms with Crippen molar-refractivity contribution in [2.75, 3.05) is 13.2 Å². The normalized spacial score (nSPS) is 10.3. The van der Waals surface area contributed by atoms with Gasteiger partial charge in [0.05, 0.1) is 24.1 Å². The smallest absolute Gasteiger partial charge is 0.142 e. The van der Waals surface area contributed by atoms with Crippen LogP contribution < -0.4 is 9.47 Å². The quantitative estimate of drug-likeness (QED) is 0.533. The van der Waals surface area contributed by atoms with Gasteiger partial charge in [0.2, 0.25) is 0 Å².